The summed E-state index contributed by atoms with van der Waals surface area (Å²) in [5, 5.41) is 4.03. The summed E-state index contributed by atoms with van der Waals surface area (Å²) in [6.45, 7) is 6.09. The molecule has 0 radical (unpaired) electrons. The second kappa shape index (κ2) is 8.70. The highest BCUT2D eigenvalue weighted by molar-refractivity contribution is 7.89. The summed E-state index contributed by atoms with van der Waals surface area (Å²) >= 11 is 0. The summed E-state index contributed by atoms with van der Waals surface area (Å²) in [6.07, 6.45) is 2.30. The van der Waals surface area contributed by atoms with E-state index in [9.17, 15) is 18.0 Å². The number of hydrogen-bond donors (Lipinski definition) is 0. The molecule has 1 aromatic heterocycles. The molecule has 29 heavy (non-hydrogen) atoms. The van der Waals surface area contributed by atoms with Crippen LogP contribution in [0.3, 0.4) is 0 Å². The Balaban J connectivity index is 1.63. The van der Waals surface area contributed by atoms with Crippen LogP contribution in [0.25, 0.3) is 0 Å². The minimum atomic E-state index is -3.69. The first kappa shape index (κ1) is 21.6. The second-order valence-electron chi connectivity index (χ2n) is 7.43. The Labute approximate surface area is 171 Å². The van der Waals surface area contributed by atoms with Crippen LogP contribution in [-0.4, -0.2) is 90.2 Å². The zero-order valence-corrected chi connectivity index (χ0v) is 18.0. The van der Waals surface area contributed by atoms with Crippen LogP contribution >= 0.6 is 0 Å². The molecular weight excluding hydrogens is 398 g/mol. The molecule has 0 saturated carbocycles. The van der Waals surface area contributed by atoms with Crippen LogP contribution in [-0.2, 0) is 26.6 Å². The molecule has 0 spiro atoms. The minimum Gasteiger partial charge on any atom is -0.450 e. The van der Waals surface area contributed by atoms with Crippen LogP contribution in [0.4, 0.5) is 4.79 Å². The second-order valence-corrected chi connectivity index (χ2v) is 9.34. The number of aromatic nitrogens is 2. The number of piperazine rings is 1. The van der Waals surface area contributed by atoms with Gasteiger partial charge in [0.15, 0.2) is 0 Å². The van der Waals surface area contributed by atoms with Crippen molar-refractivity contribution in [1.29, 1.82) is 0 Å². The first-order valence-electron chi connectivity index (χ1n) is 9.95. The molecule has 3 rings (SSSR count). The highest BCUT2D eigenvalue weighted by Gasteiger charge is 2.37. The molecular formula is C18H29N5O5S. The van der Waals surface area contributed by atoms with Crippen molar-refractivity contribution in [2.45, 2.75) is 31.6 Å². The molecule has 2 aliphatic heterocycles. The quantitative estimate of drug-likeness (QED) is 0.690. The van der Waals surface area contributed by atoms with Crippen molar-refractivity contribution in [3.05, 3.63) is 11.9 Å². The van der Waals surface area contributed by atoms with Crippen molar-refractivity contribution in [1.82, 2.24) is 23.9 Å². The number of carbonyl (C=O) groups is 2. The summed E-state index contributed by atoms with van der Waals surface area (Å²) in [5.74, 6) is -0.416. The maximum absolute atomic E-state index is 13.0. The van der Waals surface area contributed by atoms with E-state index in [1.54, 1.807) is 30.7 Å². The number of ether oxygens (including phenoxy) is 1. The van der Waals surface area contributed by atoms with Gasteiger partial charge in [0.2, 0.25) is 15.9 Å². The van der Waals surface area contributed by atoms with Crippen molar-refractivity contribution >= 4 is 22.0 Å². The van der Waals surface area contributed by atoms with E-state index in [0.29, 0.717) is 57.9 Å². The molecule has 0 aromatic carbocycles. The molecule has 0 aliphatic carbocycles. The van der Waals surface area contributed by atoms with Crippen LogP contribution in [0.5, 0.6) is 0 Å². The van der Waals surface area contributed by atoms with Gasteiger partial charge in [0.25, 0.3) is 0 Å². The van der Waals surface area contributed by atoms with E-state index in [1.165, 1.54) is 15.2 Å². The number of rotatable bonds is 4. The fourth-order valence-corrected chi connectivity index (χ4v) is 5.53. The monoisotopic (exact) mass is 427 g/mol. The first-order chi connectivity index (χ1) is 13.8. The molecule has 0 bridgehead atoms. The molecule has 2 aliphatic rings. The van der Waals surface area contributed by atoms with Crippen molar-refractivity contribution in [2.24, 2.45) is 13.0 Å². The lowest BCUT2D eigenvalue weighted by molar-refractivity contribution is -0.138. The Morgan fingerprint density at radius 2 is 1.83 bits per heavy atom. The number of aryl methyl sites for hydroxylation is 1. The number of sulfonamides is 1. The molecule has 10 nitrogen and oxygen atoms in total. The smallest absolute Gasteiger partial charge is 0.409 e. The van der Waals surface area contributed by atoms with E-state index < -0.39 is 10.0 Å². The largest absolute Gasteiger partial charge is 0.450 e. The van der Waals surface area contributed by atoms with Crippen molar-refractivity contribution < 1.29 is 22.7 Å². The highest BCUT2D eigenvalue weighted by Crippen LogP contribution is 2.26. The van der Waals surface area contributed by atoms with Crippen molar-refractivity contribution in [2.75, 3.05) is 45.9 Å². The van der Waals surface area contributed by atoms with Crippen LogP contribution in [0.15, 0.2) is 11.1 Å². The molecule has 1 aromatic rings. The minimum absolute atomic E-state index is 0.0451. The topological polar surface area (TPSA) is 105 Å². The average Bonchev–Trinajstić information content (AvgIpc) is 3.07. The number of amides is 2. The summed E-state index contributed by atoms with van der Waals surface area (Å²) in [5.41, 5.74) is 0.577. The normalized spacial score (nSPS) is 21.3. The van der Waals surface area contributed by atoms with Gasteiger partial charge in [-0.3, -0.25) is 9.48 Å². The number of hydrogen-bond acceptors (Lipinski definition) is 6. The van der Waals surface area contributed by atoms with E-state index >= 15 is 0 Å². The summed E-state index contributed by atoms with van der Waals surface area (Å²) in [4.78, 5) is 28.3. The molecule has 0 N–H and O–H groups in total. The zero-order chi connectivity index (χ0) is 21.2. The van der Waals surface area contributed by atoms with Crippen LogP contribution in [0.2, 0.25) is 0 Å². The highest BCUT2D eigenvalue weighted by atomic mass is 32.2. The fourth-order valence-electron chi connectivity index (χ4n) is 3.82. The zero-order valence-electron chi connectivity index (χ0n) is 17.2. The maximum atomic E-state index is 13.0. The third-order valence-corrected chi connectivity index (χ3v) is 7.63. The van der Waals surface area contributed by atoms with Gasteiger partial charge in [-0.05, 0) is 26.7 Å². The van der Waals surface area contributed by atoms with Gasteiger partial charge in [-0.25, -0.2) is 13.2 Å². The van der Waals surface area contributed by atoms with E-state index in [0.717, 1.165) is 0 Å². The van der Waals surface area contributed by atoms with Gasteiger partial charge in [0.1, 0.15) is 4.90 Å². The van der Waals surface area contributed by atoms with Gasteiger partial charge >= 0.3 is 6.09 Å². The first-order valence-corrected chi connectivity index (χ1v) is 11.4. The third kappa shape index (κ3) is 4.40. The lowest BCUT2D eigenvalue weighted by Gasteiger charge is -2.38. The lowest BCUT2D eigenvalue weighted by Crippen LogP contribution is -2.54. The predicted molar refractivity (Wildman–Crippen MR) is 105 cm³/mol. The summed E-state index contributed by atoms with van der Waals surface area (Å²) in [7, 11) is -1.98. The van der Waals surface area contributed by atoms with Gasteiger partial charge in [-0.1, -0.05) is 0 Å². The summed E-state index contributed by atoms with van der Waals surface area (Å²) < 4.78 is 34.0. The van der Waals surface area contributed by atoms with E-state index in [4.69, 9.17) is 4.74 Å². The third-order valence-electron chi connectivity index (χ3n) is 5.66. The maximum Gasteiger partial charge on any atom is 0.409 e. The number of carbonyl (C=O) groups excluding carboxylic acids is 2. The molecule has 11 heteroatoms. The Morgan fingerprint density at radius 1 is 1.17 bits per heavy atom. The van der Waals surface area contributed by atoms with Crippen LogP contribution in [0, 0.1) is 12.8 Å². The Kier molecular flexibility index (Phi) is 6.47. The van der Waals surface area contributed by atoms with Crippen LogP contribution in [0.1, 0.15) is 25.5 Å². The van der Waals surface area contributed by atoms with E-state index in [1.807, 2.05) is 0 Å². The number of piperidine rings is 1. The predicted octanol–water partition coefficient (Wildman–Crippen LogP) is 0.430. The average molecular weight is 428 g/mol. The van der Waals surface area contributed by atoms with Crippen LogP contribution < -0.4 is 0 Å². The molecule has 2 fully saturated rings. The Hall–Kier alpha value is -2.14. The Morgan fingerprint density at radius 3 is 2.41 bits per heavy atom. The standard InChI is InChI=1S/C18H29N5O5S/c1-4-28-18(25)22-10-8-21(9-11-22)17(24)15-6-5-7-23(13-15)29(26,27)16-12-19-20(3)14(16)2/h12,15H,4-11,13H2,1-3H3/t15-/m0/s1. The Bertz CT molecular complexity index is 860. The molecule has 2 saturated heterocycles. The lowest BCUT2D eigenvalue weighted by atomic mass is 9.98. The van der Waals surface area contributed by atoms with E-state index in [2.05, 4.69) is 5.10 Å². The molecule has 3 heterocycles. The van der Waals surface area contributed by atoms with Gasteiger partial charge < -0.3 is 14.5 Å². The molecule has 162 valence electrons. The van der Waals surface area contributed by atoms with Gasteiger partial charge in [0, 0.05) is 46.3 Å². The molecule has 2 amide bonds. The van der Waals surface area contributed by atoms with Gasteiger partial charge in [0.05, 0.1) is 24.4 Å². The molecule has 0 unspecified atom stereocenters. The van der Waals surface area contributed by atoms with E-state index in [-0.39, 0.29) is 29.4 Å². The summed E-state index contributed by atoms with van der Waals surface area (Å²) in [6, 6.07) is 0. The van der Waals surface area contributed by atoms with Crippen molar-refractivity contribution in [3.8, 4) is 0 Å². The van der Waals surface area contributed by atoms with Gasteiger partial charge in [-0.2, -0.15) is 9.40 Å². The fraction of sp³-hybridized carbons (Fsp3) is 0.722. The SMILES string of the molecule is CCOC(=O)N1CCN(C(=O)[C@H]2CCCN(S(=O)(=O)c3cnn(C)c3C)C2)CC1. The number of nitrogens with zero attached hydrogens (tertiary/aromatic N) is 5. The van der Waals surface area contributed by atoms with Gasteiger partial charge in [-0.15, -0.1) is 0 Å². The molecule has 1 atom stereocenters. The van der Waals surface area contributed by atoms with Crippen molar-refractivity contribution in [3.63, 3.8) is 0 Å².